The molecule has 35 heavy (non-hydrogen) atoms. The quantitative estimate of drug-likeness (QED) is 0.268. The lowest BCUT2D eigenvalue weighted by Gasteiger charge is -2.36. The third-order valence-electron chi connectivity index (χ3n) is 6.10. The topological polar surface area (TPSA) is 91.4 Å². The minimum absolute atomic E-state index is 0.132. The van der Waals surface area contributed by atoms with E-state index in [1.54, 1.807) is 0 Å². The summed E-state index contributed by atoms with van der Waals surface area (Å²) < 4.78 is 37.6. The smallest absolute Gasteiger partial charge is 0.420 e. The molecule has 6 rings (SSSR count). The summed E-state index contributed by atoms with van der Waals surface area (Å²) in [4.78, 5) is 17.2. The Labute approximate surface area is 207 Å². The van der Waals surface area contributed by atoms with E-state index in [0.29, 0.717) is 17.1 Å². The van der Waals surface area contributed by atoms with E-state index in [1.165, 1.54) is 23.0 Å². The second-order valence-electron chi connectivity index (χ2n) is 8.16. The van der Waals surface area contributed by atoms with Crippen LogP contribution in [-0.2, 0) is 4.28 Å². The molecule has 0 bridgehead atoms. The number of rotatable bonds is 6. The van der Waals surface area contributed by atoms with E-state index in [0.717, 1.165) is 41.3 Å². The fourth-order valence-corrected chi connectivity index (χ4v) is 5.44. The highest BCUT2D eigenvalue weighted by Gasteiger charge is 2.35. The Morgan fingerprint density at radius 1 is 1.26 bits per heavy atom. The Kier molecular flexibility index (Phi) is 5.88. The van der Waals surface area contributed by atoms with E-state index >= 15 is 4.39 Å². The average molecular weight is 511 g/mol. The van der Waals surface area contributed by atoms with Crippen molar-refractivity contribution in [2.75, 3.05) is 5.48 Å². The van der Waals surface area contributed by atoms with Gasteiger partial charge in [0.1, 0.15) is 24.0 Å². The van der Waals surface area contributed by atoms with Gasteiger partial charge in [-0.3, -0.25) is 4.57 Å². The normalized spacial score (nSPS) is 21.1. The molecule has 0 saturated carbocycles. The summed E-state index contributed by atoms with van der Waals surface area (Å²) in [5.41, 5.74) is 4.11. The van der Waals surface area contributed by atoms with Crippen LogP contribution < -0.4 is 16.0 Å². The van der Waals surface area contributed by atoms with Gasteiger partial charge in [0.25, 0.3) is 0 Å². The highest BCUT2D eigenvalue weighted by atomic mass is 32.2. The van der Waals surface area contributed by atoms with Crippen molar-refractivity contribution in [2.45, 2.75) is 29.9 Å². The van der Waals surface area contributed by atoms with Gasteiger partial charge in [-0.25, -0.2) is 19.6 Å². The van der Waals surface area contributed by atoms with Gasteiger partial charge in [0.15, 0.2) is 5.58 Å². The largest absolute Gasteiger partial charge is 0.489 e. The molecule has 2 aromatic heterocycles. The maximum atomic E-state index is 15.1. The predicted molar refractivity (Wildman–Crippen MR) is 131 cm³/mol. The van der Waals surface area contributed by atoms with Crippen molar-refractivity contribution < 1.29 is 17.8 Å². The van der Waals surface area contributed by atoms with Crippen LogP contribution in [0.1, 0.15) is 24.4 Å². The van der Waals surface area contributed by atoms with Crippen molar-refractivity contribution in [3.63, 3.8) is 0 Å². The number of para-hydroxylation sites is 1. The Morgan fingerprint density at radius 2 is 2.17 bits per heavy atom. The molecular weight excluding hydrogens is 491 g/mol. The lowest BCUT2D eigenvalue weighted by atomic mass is 9.86. The Hall–Kier alpha value is -3.41. The van der Waals surface area contributed by atoms with Crippen LogP contribution in [-0.4, -0.2) is 20.0 Å². The molecule has 1 N–H and O–H groups in total. The molecule has 0 spiro atoms. The molecule has 2 aliphatic rings. The van der Waals surface area contributed by atoms with Gasteiger partial charge in [-0.2, -0.15) is 8.66 Å². The second kappa shape index (κ2) is 9.33. The molecule has 3 heterocycles. The van der Waals surface area contributed by atoms with Crippen LogP contribution in [0, 0.1) is 11.7 Å². The van der Waals surface area contributed by atoms with Gasteiger partial charge < -0.3 is 9.15 Å². The van der Waals surface area contributed by atoms with Crippen molar-refractivity contribution in [2.24, 2.45) is 5.92 Å². The molecule has 1 aliphatic carbocycles. The van der Waals surface area contributed by atoms with Crippen LogP contribution in [0.3, 0.4) is 0 Å². The zero-order valence-electron chi connectivity index (χ0n) is 18.2. The third-order valence-corrected chi connectivity index (χ3v) is 7.32. The first-order chi connectivity index (χ1) is 17.2. The average Bonchev–Trinajstić information content (AvgIpc) is 3.51. The van der Waals surface area contributed by atoms with E-state index in [4.69, 9.17) is 13.4 Å². The predicted octanol–water partition coefficient (Wildman–Crippen LogP) is 5.51. The Morgan fingerprint density at radius 3 is 3.00 bits per heavy atom. The number of nitrogens with one attached hydrogen (secondary N) is 1. The molecule has 1 aliphatic heterocycles. The van der Waals surface area contributed by atoms with Crippen molar-refractivity contribution in [1.82, 2.24) is 13.9 Å². The molecule has 3 atom stereocenters. The first-order valence-corrected chi connectivity index (χ1v) is 12.5. The van der Waals surface area contributed by atoms with Gasteiger partial charge >= 0.3 is 5.76 Å². The number of benzene rings is 2. The van der Waals surface area contributed by atoms with Crippen LogP contribution >= 0.6 is 23.6 Å². The molecule has 2 unspecified atom stereocenters. The molecule has 11 heteroatoms. The number of anilines is 1. The van der Waals surface area contributed by atoms with Gasteiger partial charge in [0.2, 0.25) is 5.13 Å². The summed E-state index contributed by atoms with van der Waals surface area (Å²) in [6.07, 6.45) is 10.9. The van der Waals surface area contributed by atoms with Gasteiger partial charge in [-0.05, 0) is 12.5 Å². The lowest BCUT2D eigenvalue weighted by molar-refractivity contribution is 0.112. The fourth-order valence-electron chi connectivity index (χ4n) is 4.52. The molecule has 4 aromatic rings. The summed E-state index contributed by atoms with van der Waals surface area (Å²) in [5, 5.41) is 0.438. The number of allylic oxidation sites excluding steroid dienone is 3. The van der Waals surface area contributed by atoms with Gasteiger partial charge in [0.05, 0.1) is 28.5 Å². The number of halogens is 1. The number of aromatic nitrogens is 3. The number of ether oxygens (including phenoxy) is 1. The van der Waals surface area contributed by atoms with E-state index in [2.05, 4.69) is 27.0 Å². The van der Waals surface area contributed by atoms with Crippen LogP contribution in [0.25, 0.3) is 11.1 Å². The van der Waals surface area contributed by atoms with Crippen molar-refractivity contribution >= 4 is 39.8 Å². The number of nitrogens with zero attached hydrogens (tertiary/aromatic N) is 3. The number of fused-ring (bicyclic) bond motifs is 2. The summed E-state index contributed by atoms with van der Waals surface area (Å²) in [6.45, 7) is 0. The maximum Gasteiger partial charge on any atom is 0.420 e. The standard InChI is InChI=1S/C24H19FN4O4S2/c25-16-10-18-21(12-22(16)35-33-28-23-26-13-27-34-23)32-24(30)29(18)17-11-20(14-6-2-1-3-7-14)31-19-9-5-4-8-15(17)19/h1-6,8-10,12-14,17,20H,7,11H2,(H,26,27,28)/t14?,17?,20-/m0/s1. The molecular formula is C24H19FN4O4S2. The van der Waals surface area contributed by atoms with Gasteiger partial charge in [0, 0.05) is 41.6 Å². The third kappa shape index (κ3) is 4.26. The van der Waals surface area contributed by atoms with E-state index in [-0.39, 0.29) is 28.5 Å². The zero-order valence-corrected chi connectivity index (χ0v) is 19.8. The minimum Gasteiger partial charge on any atom is -0.489 e. The molecule has 2 aromatic carbocycles. The molecule has 0 amide bonds. The molecule has 0 radical (unpaired) electrons. The number of hydrogen-bond acceptors (Lipinski definition) is 9. The van der Waals surface area contributed by atoms with Crippen LogP contribution in [0.5, 0.6) is 5.75 Å². The zero-order chi connectivity index (χ0) is 23.8. The number of hydrogen-bond donors (Lipinski definition) is 1. The molecule has 8 nitrogen and oxygen atoms in total. The van der Waals surface area contributed by atoms with E-state index in [1.807, 2.05) is 36.4 Å². The Balaban J connectivity index is 1.34. The first-order valence-electron chi connectivity index (χ1n) is 11.0. The second-order valence-corrected chi connectivity index (χ2v) is 9.71. The summed E-state index contributed by atoms with van der Waals surface area (Å²) >= 11 is 1.87. The summed E-state index contributed by atoms with van der Waals surface area (Å²) in [6, 6.07) is 10.1. The highest BCUT2D eigenvalue weighted by molar-refractivity contribution is 7.94. The first kappa shape index (κ1) is 22.1. The van der Waals surface area contributed by atoms with Gasteiger partial charge in [-0.15, -0.1) is 0 Å². The van der Waals surface area contributed by atoms with Crippen LogP contribution in [0.2, 0.25) is 0 Å². The summed E-state index contributed by atoms with van der Waals surface area (Å²) in [5.74, 6) is -0.175. The fraction of sp³-hybridized carbons (Fsp3) is 0.208. The van der Waals surface area contributed by atoms with Crippen LogP contribution in [0.4, 0.5) is 9.52 Å². The van der Waals surface area contributed by atoms with Crippen LogP contribution in [0.15, 0.2) is 81.1 Å². The number of oxazole rings is 1. The monoisotopic (exact) mass is 510 g/mol. The van der Waals surface area contributed by atoms with Gasteiger partial charge in [-0.1, -0.05) is 42.5 Å². The summed E-state index contributed by atoms with van der Waals surface area (Å²) in [7, 11) is 0. The molecule has 0 fully saturated rings. The van der Waals surface area contributed by atoms with E-state index in [9.17, 15) is 4.79 Å². The maximum absolute atomic E-state index is 15.1. The van der Waals surface area contributed by atoms with Crippen molar-refractivity contribution in [1.29, 1.82) is 0 Å². The Bertz CT molecular complexity index is 1480. The SMILES string of the molecule is O=c1oc2cc(SONc3ncns3)c(F)cc2n1C1C[C@@H](C2C=CC=CC2)Oc2ccccc21. The van der Waals surface area contributed by atoms with Crippen molar-refractivity contribution in [3.8, 4) is 5.75 Å². The molecule has 178 valence electrons. The highest BCUT2D eigenvalue weighted by Crippen LogP contribution is 2.41. The van der Waals surface area contributed by atoms with E-state index < -0.39 is 11.6 Å². The minimum atomic E-state index is -0.547. The molecule has 0 saturated heterocycles. The lowest BCUT2D eigenvalue weighted by Crippen LogP contribution is -2.36. The van der Waals surface area contributed by atoms with Crippen molar-refractivity contribution in [3.05, 3.63) is 89.0 Å².